The topological polar surface area (TPSA) is 97.3 Å². The van der Waals surface area contributed by atoms with Gasteiger partial charge in [-0.2, -0.15) is 10.1 Å². The van der Waals surface area contributed by atoms with E-state index in [9.17, 15) is 0 Å². The second-order valence-corrected chi connectivity index (χ2v) is 8.62. The van der Waals surface area contributed by atoms with Gasteiger partial charge >= 0.3 is 0 Å². The van der Waals surface area contributed by atoms with Gasteiger partial charge in [-0.1, -0.05) is 39.7 Å². The number of rotatable bonds is 7. The Hall–Kier alpha value is -3.98. The maximum atomic E-state index is 5.92. The Bertz CT molecular complexity index is 1500. The summed E-state index contributed by atoms with van der Waals surface area (Å²) in [6.07, 6.45) is 1.66. The molecule has 170 valence electrons. The van der Waals surface area contributed by atoms with Crippen molar-refractivity contribution in [2.45, 2.75) is 13.5 Å². The van der Waals surface area contributed by atoms with E-state index in [0.29, 0.717) is 29.7 Å². The van der Waals surface area contributed by atoms with Crippen molar-refractivity contribution in [2.24, 2.45) is 5.10 Å². The smallest absolute Gasteiger partial charge is 0.265 e. The third-order valence-corrected chi connectivity index (χ3v) is 5.77. The predicted molar refractivity (Wildman–Crippen MR) is 137 cm³/mol. The molecule has 3 aromatic carbocycles. The number of fused-ring (bicyclic) bond motifs is 3. The van der Waals surface area contributed by atoms with Crippen LogP contribution < -0.4 is 14.9 Å². The molecule has 2 heterocycles. The number of aryl methyl sites for hydroxylation is 1. The third kappa shape index (κ3) is 4.69. The Morgan fingerprint density at radius 3 is 2.71 bits per heavy atom. The number of aromatic nitrogens is 4. The van der Waals surface area contributed by atoms with E-state index < -0.39 is 0 Å². The summed E-state index contributed by atoms with van der Waals surface area (Å²) < 4.78 is 12.4. The van der Waals surface area contributed by atoms with E-state index in [1.807, 2.05) is 61.5 Å². The van der Waals surface area contributed by atoms with Crippen LogP contribution in [0.2, 0.25) is 0 Å². The quantitative estimate of drug-likeness (QED) is 0.215. The fraction of sp³-hybridized carbons (Fsp3) is 0.120. The van der Waals surface area contributed by atoms with Crippen molar-refractivity contribution in [3.63, 3.8) is 0 Å². The van der Waals surface area contributed by atoms with Crippen LogP contribution in [-0.2, 0) is 6.61 Å². The summed E-state index contributed by atoms with van der Waals surface area (Å²) >= 11 is 3.44. The van der Waals surface area contributed by atoms with Crippen molar-refractivity contribution in [2.75, 3.05) is 12.5 Å². The number of halogens is 1. The Labute approximate surface area is 204 Å². The SMILES string of the molecule is COc1cc(/C=N/Nc2nnc3c(n2)[nH]c2ccc(C)cc23)ccc1OCc1ccc(Br)cc1. The highest BCUT2D eigenvalue weighted by Gasteiger charge is 2.09. The molecule has 9 heteroatoms. The molecule has 0 amide bonds. The number of H-pyrrole nitrogens is 1. The zero-order valence-corrected chi connectivity index (χ0v) is 20.1. The molecule has 0 radical (unpaired) electrons. The molecule has 0 atom stereocenters. The molecular formula is C25H21BrN6O2. The Balaban J connectivity index is 1.27. The molecule has 34 heavy (non-hydrogen) atoms. The Morgan fingerprint density at radius 2 is 1.88 bits per heavy atom. The van der Waals surface area contributed by atoms with Crippen LogP contribution in [0.1, 0.15) is 16.7 Å². The molecule has 0 fully saturated rings. The van der Waals surface area contributed by atoms with Gasteiger partial charge in [-0.15, -0.1) is 10.2 Å². The first-order chi connectivity index (χ1) is 16.6. The summed E-state index contributed by atoms with van der Waals surface area (Å²) in [4.78, 5) is 7.74. The number of hydrazone groups is 1. The summed E-state index contributed by atoms with van der Waals surface area (Å²) in [5.74, 6) is 1.57. The van der Waals surface area contributed by atoms with Gasteiger partial charge < -0.3 is 14.5 Å². The second kappa shape index (κ2) is 9.48. The van der Waals surface area contributed by atoms with Crippen molar-refractivity contribution >= 4 is 50.2 Å². The molecule has 0 saturated carbocycles. The van der Waals surface area contributed by atoms with Gasteiger partial charge in [0.15, 0.2) is 17.1 Å². The lowest BCUT2D eigenvalue weighted by atomic mass is 10.2. The van der Waals surface area contributed by atoms with Crippen molar-refractivity contribution in [1.82, 2.24) is 20.2 Å². The number of aromatic amines is 1. The monoisotopic (exact) mass is 516 g/mol. The molecule has 0 aliphatic heterocycles. The molecular weight excluding hydrogens is 496 g/mol. The number of nitrogens with one attached hydrogen (secondary N) is 2. The molecule has 0 bridgehead atoms. The number of anilines is 1. The van der Waals surface area contributed by atoms with E-state index in [1.54, 1.807) is 13.3 Å². The Morgan fingerprint density at radius 1 is 1.03 bits per heavy atom. The molecule has 5 rings (SSSR count). The van der Waals surface area contributed by atoms with E-state index in [4.69, 9.17) is 9.47 Å². The number of methoxy groups -OCH3 is 1. The molecule has 2 N–H and O–H groups in total. The summed E-state index contributed by atoms with van der Waals surface area (Å²) in [5.41, 5.74) is 8.24. The molecule has 0 spiro atoms. The highest BCUT2D eigenvalue weighted by atomic mass is 79.9. The minimum atomic E-state index is 0.299. The number of benzene rings is 3. The second-order valence-electron chi connectivity index (χ2n) is 7.70. The highest BCUT2D eigenvalue weighted by Crippen LogP contribution is 2.28. The lowest BCUT2D eigenvalue weighted by molar-refractivity contribution is 0.284. The van der Waals surface area contributed by atoms with Crippen LogP contribution in [0, 0.1) is 6.92 Å². The fourth-order valence-electron chi connectivity index (χ4n) is 3.52. The van der Waals surface area contributed by atoms with Crippen LogP contribution in [-0.4, -0.2) is 33.5 Å². The predicted octanol–water partition coefficient (Wildman–Crippen LogP) is 5.61. The van der Waals surface area contributed by atoms with Crippen LogP contribution in [0.4, 0.5) is 5.95 Å². The Kier molecular flexibility index (Phi) is 6.09. The van der Waals surface area contributed by atoms with Gasteiger partial charge in [0.1, 0.15) is 12.1 Å². The molecule has 0 unspecified atom stereocenters. The van der Waals surface area contributed by atoms with Crippen LogP contribution in [0.3, 0.4) is 0 Å². The molecule has 5 aromatic rings. The number of hydrogen-bond donors (Lipinski definition) is 2. The molecule has 2 aromatic heterocycles. The maximum Gasteiger partial charge on any atom is 0.265 e. The first kappa shape index (κ1) is 21.8. The first-order valence-corrected chi connectivity index (χ1v) is 11.4. The summed E-state index contributed by atoms with van der Waals surface area (Å²) in [7, 11) is 1.61. The zero-order valence-electron chi connectivity index (χ0n) is 18.5. The minimum absolute atomic E-state index is 0.299. The average molecular weight is 517 g/mol. The highest BCUT2D eigenvalue weighted by molar-refractivity contribution is 9.10. The van der Waals surface area contributed by atoms with Gasteiger partial charge in [-0.05, 0) is 60.5 Å². The summed E-state index contributed by atoms with van der Waals surface area (Å²) in [5, 5.41) is 13.7. The van der Waals surface area contributed by atoms with Crippen molar-refractivity contribution in [3.05, 3.63) is 81.8 Å². The van der Waals surface area contributed by atoms with E-state index in [-0.39, 0.29) is 0 Å². The van der Waals surface area contributed by atoms with Crippen LogP contribution >= 0.6 is 15.9 Å². The van der Waals surface area contributed by atoms with Crippen LogP contribution in [0.15, 0.2) is 70.2 Å². The van der Waals surface area contributed by atoms with Crippen molar-refractivity contribution in [3.8, 4) is 11.5 Å². The lowest BCUT2D eigenvalue weighted by Crippen LogP contribution is -2.00. The molecule has 0 aliphatic rings. The van der Waals surface area contributed by atoms with Gasteiger partial charge in [0.2, 0.25) is 0 Å². The first-order valence-electron chi connectivity index (χ1n) is 10.6. The standard InChI is InChI=1S/C25H21BrN6O2/c1-15-3-9-20-19(11-15)23-24(28-20)29-25(32-30-23)31-27-13-17-6-10-21(22(12-17)33-2)34-14-16-4-7-18(26)8-5-16/h3-13H,14H2,1-2H3,(H2,28,29,31,32)/b27-13+. The minimum Gasteiger partial charge on any atom is -0.493 e. The van der Waals surface area contributed by atoms with Crippen LogP contribution in [0.5, 0.6) is 11.5 Å². The number of ether oxygens (including phenoxy) is 2. The maximum absolute atomic E-state index is 5.92. The summed E-state index contributed by atoms with van der Waals surface area (Å²) in [6.45, 7) is 2.48. The molecule has 0 aliphatic carbocycles. The van der Waals surface area contributed by atoms with Gasteiger partial charge in [-0.25, -0.2) is 5.43 Å². The van der Waals surface area contributed by atoms with E-state index >= 15 is 0 Å². The van der Waals surface area contributed by atoms with E-state index in [0.717, 1.165) is 37.6 Å². The van der Waals surface area contributed by atoms with Gasteiger partial charge in [0.25, 0.3) is 5.95 Å². The molecule has 8 nitrogen and oxygen atoms in total. The lowest BCUT2D eigenvalue weighted by Gasteiger charge is -2.11. The third-order valence-electron chi connectivity index (χ3n) is 5.24. The zero-order chi connectivity index (χ0) is 23.5. The number of nitrogens with zero attached hydrogens (tertiary/aromatic N) is 4. The van der Waals surface area contributed by atoms with Gasteiger partial charge in [0.05, 0.1) is 13.3 Å². The van der Waals surface area contributed by atoms with Crippen molar-refractivity contribution < 1.29 is 9.47 Å². The summed E-state index contributed by atoms with van der Waals surface area (Å²) in [6, 6.07) is 19.7. The number of hydrogen-bond acceptors (Lipinski definition) is 7. The fourth-order valence-corrected chi connectivity index (χ4v) is 3.79. The van der Waals surface area contributed by atoms with Crippen LogP contribution in [0.25, 0.3) is 22.1 Å². The average Bonchev–Trinajstić information content (AvgIpc) is 3.21. The molecule has 0 saturated heterocycles. The van der Waals surface area contributed by atoms with Gasteiger partial charge in [0, 0.05) is 15.4 Å². The van der Waals surface area contributed by atoms with E-state index in [1.165, 1.54) is 0 Å². The van der Waals surface area contributed by atoms with Gasteiger partial charge in [-0.3, -0.25) is 0 Å². The normalized spacial score (nSPS) is 11.4. The van der Waals surface area contributed by atoms with Crippen molar-refractivity contribution in [1.29, 1.82) is 0 Å². The largest absolute Gasteiger partial charge is 0.493 e. The van der Waals surface area contributed by atoms with E-state index in [2.05, 4.69) is 52.7 Å².